The molecule has 1 unspecified atom stereocenters. The fraction of sp³-hybridized carbons (Fsp3) is 0.529. The minimum absolute atomic E-state index is 0.0491. The van der Waals surface area contributed by atoms with Crippen LogP contribution < -0.4 is 10.6 Å². The highest BCUT2D eigenvalue weighted by Crippen LogP contribution is 2.15. The van der Waals surface area contributed by atoms with Crippen LogP contribution in [0.2, 0.25) is 0 Å². The molecule has 1 heterocycles. The zero-order valence-electron chi connectivity index (χ0n) is 13.9. The lowest BCUT2D eigenvalue weighted by Gasteiger charge is -2.24. The molecule has 0 spiro atoms. The van der Waals surface area contributed by atoms with Gasteiger partial charge in [-0.15, -0.1) is 0 Å². The number of benzene rings is 1. The van der Waals surface area contributed by atoms with Crippen LogP contribution in [0.25, 0.3) is 0 Å². The van der Waals surface area contributed by atoms with Gasteiger partial charge in [-0.05, 0) is 37.5 Å². The van der Waals surface area contributed by atoms with E-state index in [1.165, 1.54) is 12.1 Å². The standard InChI is InChI=1S/C17H24FN3O3/c1-2-19-17(23)20-16(22)12-21(11-15-7-4-8-24-15)10-13-5-3-6-14(18)9-13/h3,5-6,9,15H,2,4,7-8,10-12H2,1H3,(H2,19,20,22,23). The fourth-order valence-electron chi connectivity index (χ4n) is 2.73. The Bertz CT molecular complexity index is 562. The first-order chi connectivity index (χ1) is 11.6. The smallest absolute Gasteiger partial charge is 0.321 e. The number of hydrogen-bond acceptors (Lipinski definition) is 4. The van der Waals surface area contributed by atoms with Crippen LogP contribution in [0.4, 0.5) is 9.18 Å². The maximum absolute atomic E-state index is 13.4. The summed E-state index contributed by atoms with van der Waals surface area (Å²) in [5.74, 6) is -0.702. The predicted molar refractivity (Wildman–Crippen MR) is 87.9 cm³/mol. The van der Waals surface area contributed by atoms with Crippen molar-refractivity contribution >= 4 is 11.9 Å². The molecule has 1 aliphatic heterocycles. The summed E-state index contributed by atoms with van der Waals surface area (Å²) in [7, 11) is 0. The third-order valence-corrected chi connectivity index (χ3v) is 3.74. The van der Waals surface area contributed by atoms with Crippen molar-refractivity contribution in [2.75, 3.05) is 26.2 Å². The molecule has 24 heavy (non-hydrogen) atoms. The molecule has 1 saturated heterocycles. The summed E-state index contributed by atoms with van der Waals surface area (Å²) in [6.45, 7) is 3.98. The highest BCUT2D eigenvalue weighted by atomic mass is 19.1. The van der Waals surface area contributed by atoms with Crippen LogP contribution in [0.5, 0.6) is 0 Å². The van der Waals surface area contributed by atoms with Gasteiger partial charge in [0.05, 0.1) is 12.6 Å². The number of hydrogen-bond donors (Lipinski definition) is 2. The van der Waals surface area contributed by atoms with E-state index in [1.54, 1.807) is 13.0 Å². The molecular formula is C17H24FN3O3. The van der Waals surface area contributed by atoms with E-state index in [4.69, 9.17) is 4.74 Å². The SMILES string of the molecule is CCNC(=O)NC(=O)CN(Cc1cccc(F)c1)CC1CCCO1. The van der Waals surface area contributed by atoms with Crippen molar-refractivity contribution in [3.63, 3.8) is 0 Å². The highest BCUT2D eigenvalue weighted by Gasteiger charge is 2.21. The number of urea groups is 1. The molecule has 1 aromatic carbocycles. The van der Waals surface area contributed by atoms with Gasteiger partial charge in [-0.1, -0.05) is 12.1 Å². The third-order valence-electron chi connectivity index (χ3n) is 3.74. The summed E-state index contributed by atoms with van der Waals surface area (Å²) in [5.41, 5.74) is 0.777. The first kappa shape index (κ1) is 18.4. The van der Waals surface area contributed by atoms with Crippen LogP contribution in [0.15, 0.2) is 24.3 Å². The molecule has 1 atom stereocenters. The van der Waals surface area contributed by atoms with Crippen molar-refractivity contribution in [1.82, 2.24) is 15.5 Å². The number of ether oxygens (including phenoxy) is 1. The van der Waals surface area contributed by atoms with Gasteiger partial charge in [0, 0.05) is 26.2 Å². The number of carbonyl (C=O) groups is 2. The van der Waals surface area contributed by atoms with Crippen molar-refractivity contribution in [1.29, 1.82) is 0 Å². The number of rotatable bonds is 7. The van der Waals surface area contributed by atoms with E-state index in [1.807, 2.05) is 11.0 Å². The number of nitrogens with one attached hydrogen (secondary N) is 2. The second-order valence-electron chi connectivity index (χ2n) is 5.84. The lowest BCUT2D eigenvalue weighted by atomic mass is 10.1. The van der Waals surface area contributed by atoms with Gasteiger partial charge in [0.25, 0.3) is 0 Å². The summed E-state index contributed by atoms with van der Waals surface area (Å²) in [6.07, 6.45) is 2.01. The van der Waals surface area contributed by atoms with E-state index < -0.39 is 11.9 Å². The molecule has 2 rings (SSSR count). The van der Waals surface area contributed by atoms with Gasteiger partial charge < -0.3 is 10.1 Å². The van der Waals surface area contributed by atoms with Crippen molar-refractivity contribution in [3.05, 3.63) is 35.6 Å². The van der Waals surface area contributed by atoms with E-state index in [0.717, 1.165) is 25.0 Å². The third kappa shape index (κ3) is 6.25. The Morgan fingerprint density at radius 2 is 2.25 bits per heavy atom. The van der Waals surface area contributed by atoms with Crippen LogP contribution in [0, 0.1) is 5.82 Å². The van der Waals surface area contributed by atoms with Gasteiger partial charge >= 0.3 is 6.03 Å². The number of amides is 3. The van der Waals surface area contributed by atoms with Gasteiger partial charge in [-0.25, -0.2) is 9.18 Å². The van der Waals surface area contributed by atoms with Crippen LogP contribution in [-0.2, 0) is 16.1 Å². The first-order valence-electron chi connectivity index (χ1n) is 8.23. The molecule has 132 valence electrons. The number of nitrogens with zero attached hydrogens (tertiary/aromatic N) is 1. The molecule has 0 aromatic heterocycles. The second-order valence-corrected chi connectivity index (χ2v) is 5.84. The second kappa shape index (κ2) is 9.34. The molecule has 1 fully saturated rings. The minimum Gasteiger partial charge on any atom is -0.377 e. The van der Waals surface area contributed by atoms with Crippen LogP contribution in [-0.4, -0.2) is 49.2 Å². The van der Waals surface area contributed by atoms with E-state index in [-0.39, 0.29) is 18.5 Å². The lowest BCUT2D eigenvalue weighted by Crippen LogP contribution is -2.45. The van der Waals surface area contributed by atoms with Crippen LogP contribution in [0.3, 0.4) is 0 Å². The van der Waals surface area contributed by atoms with Crippen LogP contribution >= 0.6 is 0 Å². The molecule has 6 nitrogen and oxygen atoms in total. The molecule has 1 aliphatic rings. The Morgan fingerprint density at radius 3 is 2.92 bits per heavy atom. The summed E-state index contributed by atoms with van der Waals surface area (Å²) in [4.78, 5) is 25.4. The van der Waals surface area contributed by atoms with Gasteiger partial charge in [-0.3, -0.25) is 15.0 Å². The number of imide groups is 1. The van der Waals surface area contributed by atoms with Crippen molar-refractivity contribution < 1.29 is 18.7 Å². The largest absolute Gasteiger partial charge is 0.377 e. The molecule has 0 aliphatic carbocycles. The maximum Gasteiger partial charge on any atom is 0.321 e. The molecule has 0 radical (unpaired) electrons. The molecule has 7 heteroatoms. The van der Waals surface area contributed by atoms with Crippen LogP contribution in [0.1, 0.15) is 25.3 Å². The zero-order chi connectivity index (χ0) is 17.4. The predicted octanol–water partition coefficient (Wildman–Crippen LogP) is 1.65. The Kier molecular flexibility index (Phi) is 7.14. The highest BCUT2D eigenvalue weighted by molar-refractivity contribution is 5.95. The van der Waals surface area contributed by atoms with Gasteiger partial charge in [-0.2, -0.15) is 0 Å². The summed E-state index contributed by atoms with van der Waals surface area (Å²) < 4.78 is 19.0. The Balaban J connectivity index is 1.96. The minimum atomic E-state index is -0.509. The monoisotopic (exact) mass is 337 g/mol. The topological polar surface area (TPSA) is 70.7 Å². The molecule has 0 saturated carbocycles. The summed E-state index contributed by atoms with van der Waals surface area (Å²) in [5, 5.41) is 4.80. The summed E-state index contributed by atoms with van der Waals surface area (Å²) >= 11 is 0. The maximum atomic E-state index is 13.4. The average Bonchev–Trinajstić information content (AvgIpc) is 3.00. The van der Waals surface area contributed by atoms with Crippen molar-refractivity contribution in [2.45, 2.75) is 32.4 Å². The van der Waals surface area contributed by atoms with E-state index in [9.17, 15) is 14.0 Å². The molecule has 2 N–H and O–H groups in total. The average molecular weight is 337 g/mol. The molecular weight excluding hydrogens is 313 g/mol. The van der Waals surface area contributed by atoms with Gasteiger partial charge in [0.15, 0.2) is 0 Å². The molecule has 0 bridgehead atoms. The first-order valence-corrected chi connectivity index (χ1v) is 8.23. The van der Waals surface area contributed by atoms with Gasteiger partial charge in [0.2, 0.25) is 5.91 Å². The van der Waals surface area contributed by atoms with Gasteiger partial charge in [0.1, 0.15) is 5.82 Å². The van der Waals surface area contributed by atoms with Crippen molar-refractivity contribution in [2.24, 2.45) is 0 Å². The number of halogens is 1. The van der Waals surface area contributed by atoms with E-state index in [2.05, 4.69) is 10.6 Å². The van der Waals surface area contributed by atoms with E-state index in [0.29, 0.717) is 19.6 Å². The summed E-state index contributed by atoms with van der Waals surface area (Å²) in [6, 6.07) is 5.78. The van der Waals surface area contributed by atoms with Crippen molar-refractivity contribution in [3.8, 4) is 0 Å². The zero-order valence-corrected chi connectivity index (χ0v) is 13.9. The van der Waals surface area contributed by atoms with E-state index >= 15 is 0 Å². The number of carbonyl (C=O) groups excluding carboxylic acids is 2. The molecule has 1 aromatic rings. The lowest BCUT2D eigenvalue weighted by molar-refractivity contribution is -0.121. The molecule has 3 amide bonds. The Labute approximate surface area is 141 Å². The normalized spacial score (nSPS) is 17.0. The fourth-order valence-corrected chi connectivity index (χ4v) is 2.73. The Hall–Kier alpha value is -1.99. The Morgan fingerprint density at radius 1 is 1.42 bits per heavy atom. The quantitative estimate of drug-likeness (QED) is 0.794.